The van der Waals surface area contributed by atoms with Crippen LogP contribution in [-0.4, -0.2) is 59.5 Å². The fraction of sp³-hybridized carbons (Fsp3) is 0.571. The molecular weight excluding hydrogens is 324 g/mol. The first-order valence-corrected chi connectivity index (χ1v) is 10.0. The van der Waals surface area contributed by atoms with E-state index in [2.05, 4.69) is 41.3 Å². The zero-order valence-electron chi connectivity index (χ0n) is 15.9. The molecule has 2 aliphatic rings. The molecule has 2 aromatic rings. The third-order valence-electron chi connectivity index (χ3n) is 5.98. The lowest BCUT2D eigenvalue weighted by molar-refractivity contribution is 0.0595. The summed E-state index contributed by atoms with van der Waals surface area (Å²) in [6.07, 6.45) is 5.85. The highest BCUT2D eigenvalue weighted by Crippen LogP contribution is 2.30. The quantitative estimate of drug-likeness (QED) is 0.890. The van der Waals surface area contributed by atoms with Crippen LogP contribution in [0.3, 0.4) is 0 Å². The van der Waals surface area contributed by atoms with Gasteiger partial charge < -0.3 is 15.2 Å². The number of carbonyl (C=O) groups excluding carboxylic acids is 1. The Morgan fingerprint density at radius 2 is 1.96 bits per heavy atom. The summed E-state index contributed by atoms with van der Waals surface area (Å²) in [5.74, 6) is 0.155. The number of fused-ring (bicyclic) bond motifs is 1. The van der Waals surface area contributed by atoms with Crippen LogP contribution < -0.4 is 5.32 Å². The van der Waals surface area contributed by atoms with Crippen molar-refractivity contribution in [3.63, 3.8) is 0 Å². The van der Waals surface area contributed by atoms with E-state index < -0.39 is 0 Å². The van der Waals surface area contributed by atoms with Gasteiger partial charge in [0.25, 0.3) is 5.91 Å². The molecule has 0 saturated carbocycles. The molecule has 1 amide bonds. The van der Waals surface area contributed by atoms with E-state index in [-0.39, 0.29) is 5.91 Å². The molecule has 0 spiro atoms. The highest BCUT2D eigenvalue weighted by molar-refractivity contribution is 5.98. The van der Waals surface area contributed by atoms with Crippen molar-refractivity contribution >= 4 is 16.8 Å². The van der Waals surface area contributed by atoms with Gasteiger partial charge in [0.15, 0.2) is 0 Å². The fourth-order valence-corrected chi connectivity index (χ4v) is 4.31. The van der Waals surface area contributed by atoms with Crippen molar-refractivity contribution in [2.75, 3.05) is 32.7 Å². The molecule has 2 N–H and O–H groups in total. The van der Waals surface area contributed by atoms with Gasteiger partial charge in [-0.05, 0) is 50.9 Å². The minimum absolute atomic E-state index is 0.155. The molecule has 0 aliphatic carbocycles. The molecule has 5 nitrogen and oxygen atoms in total. The Labute approximate surface area is 155 Å². The van der Waals surface area contributed by atoms with Crippen LogP contribution in [0.15, 0.2) is 24.4 Å². The lowest BCUT2D eigenvalue weighted by atomic mass is 9.96. The molecule has 26 heavy (non-hydrogen) atoms. The van der Waals surface area contributed by atoms with Crippen LogP contribution in [0.1, 0.15) is 55.1 Å². The number of piperazine rings is 1. The zero-order chi connectivity index (χ0) is 18.1. The Bertz CT molecular complexity index is 767. The van der Waals surface area contributed by atoms with Gasteiger partial charge in [-0.2, -0.15) is 0 Å². The molecule has 2 fully saturated rings. The van der Waals surface area contributed by atoms with Crippen molar-refractivity contribution in [3.8, 4) is 0 Å². The second kappa shape index (κ2) is 7.41. The summed E-state index contributed by atoms with van der Waals surface area (Å²) in [4.78, 5) is 20.7. The van der Waals surface area contributed by atoms with E-state index in [1.165, 1.54) is 30.2 Å². The Morgan fingerprint density at radius 3 is 2.65 bits per heavy atom. The van der Waals surface area contributed by atoms with Gasteiger partial charge in [-0.15, -0.1) is 0 Å². The number of aromatic amines is 1. The van der Waals surface area contributed by atoms with E-state index in [1.807, 2.05) is 17.0 Å². The number of hydrogen-bond acceptors (Lipinski definition) is 3. The number of benzene rings is 1. The van der Waals surface area contributed by atoms with Gasteiger partial charge in [0.2, 0.25) is 0 Å². The first kappa shape index (κ1) is 17.6. The number of H-pyrrole nitrogens is 1. The Hall–Kier alpha value is -1.85. The van der Waals surface area contributed by atoms with E-state index in [0.29, 0.717) is 12.1 Å². The van der Waals surface area contributed by atoms with Crippen molar-refractivity contribution in [1.82, 2.24) is 20.1 Å². The van der Waals surface area contributed by atoms with Gasteiger partial charge in [-0.25, -0.2) is 0 Å². The van der Waals surface area contributed by atoms with E-state index in [4.69, 9.17) is 0 Å². The van der Waals surface area contributed by atoms with Crippen LogP contribution >= 0.6 is 0 Å². The third-order valence-corrected chi connectivity index (χ3v) is 5.98. The summed E-state index contributed by atoms with van der Waals surface area (Å²) in [5.41, 5.74) is 3.20. The molecule has 0 radical (unpaired) electrons. The van der Waals surface area contributed by atoms with Crippen LogP contribution in [0.2, 0.25) is 0 Å². The van der Waals surface area contributed by atoms with Crippen molar-refractivity contribution in [2.45, 2.75) is 45.2 Å². The fourth-order valence-electron chi connectivity index (χ4n) is 4.31. The third kappa shape index (κ3) is 3.38. The topological polar surface area (TPSA) is 51.4 Å². The number of carbonyl (C=O) groups is 1. The largest absolute Gasteiger partial charge is 0.361 e. The van der Waals surface area contributed by atoms with E-state index >= 15 is 0 Å². The summed E-state index contributed by atoms with van der Waals surface area (Å²) in [7, 11) is 0. The molecule has 3 heterocycles. The summed E-state index contributed by atoms with van der Waals surface area (Å²) in [6.45, 7) is 9.09. The van der Waals surface area contributed by atoms with E-state index in [1.54, 1.807) is 0 Å². The predicted molar refractivity (Wildman–Crippen MR) is 106 cm³/mol. The average Bonchev–Trinajstić information content (AvgIpc) is 3.11. The van der Waals surface area contributed by atoms with Crippen molar-refractivity contribution in [3.05, 3.63) is 35.5 Å². The molecule has 4 rings (SSSR count). The van der Waals surface area contributed by atoms with Crippen molar-refractivity contribution in [2.24, 2.45) is 0 Å². The molecule has 5 heteroatoms. The van der Waals surface area contributed by atoms with E-state index in [9.17, 15) is 4.79 Å². The lowest BCUT2D eigenvalue weighted by Crippen LogP contribution is -2.50. The summed E-state index contributed by atoms with van der Waals surface area (Å²) in [5, 5.41) is 4.86. The lowest BCUT2D eigenvalue weighted by Gasteiger charge is -2.37. The SMILES string of the molecule is CC(C)N1CCN(C(=O)c2ccc3c(C4CCCCN4)c[nH]c3c2)CC1. The highest BCUT2D eigenvalue weighted by atomic mass is 16.2. The van der Waals surface area contributed by atoms with Gasteiger partial charge in [-0.1, -0.05) is 12.5 Å². The molecule has 2 aliphatic heterocycles. The van der Waals surface area contributed by atoms with Crippen LogP contribution in [-0.2, 0) is 0 Å². The number of amides is 1. The van der Waals surface area contributed by atoms with Crippen LogP contribution in [0, 0.1) is 0 Å². The van der Waals surface area contributed by atoms with Crippen molar-refractivity contribution in [1.29, 1.82) is 0 Å². The normalized spacial score (nSPS) is 22.3. The van der Waals surface area contributed by atoms with Gasteiger partial charge in [0.05, 0.1) is 0 Å². The summed E-state index contributed by atoms with van der Waals surface area (Å²) in [6, 6.07) is 7.13. The molecular formula is C21H30N4O. The summed E-state index contributed by atoms with van der Waals surface area (Å²) >= 11 is 0. The second-order valence-corrected chi connectivity index (χ2v) is 7.93. The Kier molecular flexibility index (Phi) is 5.00. The maximum absolute atomic E-state index is 12.9. The Balaban J connectivity index is 1.50. The number of aromatic nitrogens is 1. The Morgan fingerprint density at radius 1 is 1.15 bits per heavy atom. The van der Waals surface area contributed by atoms with Crippen LogP contribution in [0.4, 0.5) is 0 Å². The maximum Gasteiger partial charge on any atom is 0.254 e. The van der Waals surface area contributed by atoms with Crippen LogP contribution in [0.25, 0.3) is 10.9 Å². The smallest absolute Gasteiger partial charge is 0.254 e. The standard InChI is InChI=1S/C21H30N4O/c1-15(2)24-9-11-25(12-10-24)21(26)16-6-7-17-18(14-23-20(17)13-16)19-5-3-4-8-22-19/h6-7,13-15,19,22-23H,3-5,8-12H2,1-2H3. The number of hydrogen-bond donors (Lipinski definition) is 2. The van der Waals surface area contributed by atoms with Crippen LogP contribution in [0.5, 0.6) is 0 Å². The van der Waals surface area contributed by atoms with Gasteiger partial charge in [0.1, 0.15) is 0 Å². The summed E-state index contributed by atoms with van der Waals surface area (Å²) < 4.78 is 0. The molecule has 140 valence electrons. The predicted octanol–water partition coefficient (Wildman–Crippen LogP) is 3.15. The first-order valence-electron chi connectivity index (χ1n) is 10.0. The van der Waals surface area contributed by atoms with Crippen molar-refractivity contribution < 1.29 is 4.79 Å². The highest BCUT2D eigenvalue weighted by Gasteiger charge is 2.24. The zero-order valence-corrected chi connectivity index (χ0v) is 15.9. The molecule has 1 atom stereocenters. The minimum atomic E-state index is 0.155. The number of nitrogens with one attached hydrogen (secondary N) is 2. The molecule has 2 saturated heterocycles. The first-order chi connectivity index (χ1) is 12.6. The van der Waals surface area contributed by atoms with E-state index in [0.717, 1.165) is 43.8 Å². The molecule has 1 aromatic carbocycles. The van der Waals surface area contributed by atoms with Gasteiger partial charge in [0, 0.05) is 60.9 Å². The average molecular weight is 354 g/mol. The van der Waals surface area contributed by atoms with Gasteiger partial charge >= 0.3 is 0 Å². The number of rotatable bonds is 3. The monoisotopic (exact) mass is 354 g/mol. The minimum Gasteiger partial charge on any atom is -0.361 e. The molecule has 1 unspecified atom stereocenters. The second-order valence-electron chi connectivity index (χ2n) is 7.93. The maximum atomic E-state index is 12.9. The number of nitrogens with zero attached hydrogens (tertiary/aromatic N) is 2. The van der Waals surface area contributed by atoms with Gasteiger partial charge in [-0.3, -0.25) is 9.69 Å². The number of piperidine rings is 1. The molecule has 0 bridgehead atoms. The molecule has 1 aromatic heterocycles.